The molecule has 4 nitrogen and oxygen atoms in total. The lowest BCUT2D eigenvalue weighted by atomic mass is 10.2. The van der Waals surface area contributed by atoms with Crippen molar-refractivity contribution in [2.24, 2.45) is 0 Å². The third kappa shape index (κ3) is 7.18. The second-order valence-electron chi connectivity index (χ2n) is 3.50. The van der Waals surface area contributed by atoms with Crippen LogP contribution in [-0.2, 0) is 25.1 Å². The van der Waals surface area contributed by atoms with Crippen LogP contribution in [0, 0.1) is 0 Å². The first kappa shape index (κ1) is 15.7. The predicted octanol–water partition coefficient (Wildman–Crippen LogP) is 2.44. The van der Waals surface area contributed by atoms with E-state index in [1.165, 1.54) is 0 Å². The van der Waals surface area contributed by atoms with Gasteiger partial charge in [0.05, 0.1) is 32.2 Å². The van der Waals surface area contributed by atoms with Gasteiger partial charge in [0, 0.05) is 15.7 Å². The van der Waals surface area contributed by atoms with Crippen molar-refractivity contribution in [3.8, 4) is 0 Å². The molecule has 0 radical (unpaired) electrons. The van der Waals surface area contributed by atoms with E-state index in [1.54, 1.807) is 6.07 Å². The molecule has 0 saturated heterocycles. The summed E-state index contributed by atoms with van der Waals surface area (Å²) in [5, 5.41) is 0.659. The van der Waals surface area contributed by atoms with E-state index in [4.69, 9.17) is 31.8 Å². The third-order valence-corrected chi connectivity index (χ3v) is 3.54. The SMILES string of the molecule is O=S(=O)(Cl)CCOCCOCc1ccccc1Cl. The van der Waals surface area contributed by atoms with Crippen LogP contribution in [0.15, 0.2) is 24.3 Å². The highest BCUT2D eigenvalue weighted by molar-refractivity contribution is 8.13. The smallest absolute Gasteiger partial charge is 0.234 e. The molecule has 0 heterocycles. The maximum absolute atomic E-state index is 10.6. The van der Waals surface area contributed by atoms with Gasteiger partial charge in [0.25, 0.3) is 0 Å². The molecule has 7 heteroatoms. The van der Waals surface area contributed by atoms with Crippen LogP contribution in [0.4, 0.5) is 0 Å². The van der Waals surface area contributed by atoms with Crippen molar-refractivity contribution >= 4 is 31.3 Å². The molecule has 0 atom stereocenters. The van der Waals surface area contributed by atoms with Gasteiger partial charge in [-0.25, -0.2) is 8.42 Å². The van der Waals surface area contributed by atoms with Gasteiger partial charge in [-0.15, -0.1) is 0 Å². The Bertz CT molecular complexity index is 462. The van der Waals surface area contributed by atoms with Crippen molar-refractivity contribution < 1.29 is 17.9 Å². The van der Waals surface area contributed by atoms with Gasteiger partial charge in [0.15, 0.2) is 0 Å². The van der Waals surface area contributed by atoms with Crippen LogP contribution < -0.4 is 0 Å². The van der Waals surface area contributed by atoms with Crippen molar-refractivity contribution in [2.45, 2.75) is 6.61 Å². The molecule has 0 amide bonds. The summed E-state index contributed by atoms with van der Waals surface area (Å²) in [5.74, 6) is -0.195. The Morgan fingerprint density at radius 1 is 1.06 bits per heavy atom. The van der Waals surface area contributed by atoms with Gasteiger partial charge in [-0.1, -0.05) is 29.8 Å². The average molecular weight is 313 g/mol. The van der Waals surface area contributed by atoms with E-state index in [2.05, 4.69) is 0 Å². The number of hydrogen-bond acceptors (Lipinski definition) is 4. The van der Waals surface area contributed by atoms with Crippen LogP contribution in [-0.4, -0.2) is 34.0 Å². The highest BCUT2D eigenvalue weighted by Crippen LogP contribution is 2.15. The van der Waals surface area contributed by atoms with Crippen LogP contribution in [0.2, 0.25) is 5.02 Å². The molecule has 0 fully saturated rings. The summed E-state index contributed by atoms with van der Waals surface area (Å²) in [6.45, 7) is 1.16. The molecule has 18 heavy (non-hydrogen) atoms. The second-order valence-corrected chi connectivity index (χ2v) is 6.80. The van der Waals surface area contributed by atoms with Gasteiger partial charge < -0.3 is 9.47 Å². The Hall–Kier alpha value is -0.330. The topological polar surface area (TPSA) is 52.6 Å². The largest absolute Gasteiger partial charge is 0.378 e. The normalized spacial score (nSPS) is 11.7. The summed E-state index contributed by atoms with van der Waals surface area (Å²) in [5.41, 5.74) is 0.905. The van der Waals surface area contributed by atoms with E-state index in [-0.39, 0.29) is 12.4 Å². The molecule has 0 aliphatic carbocycles. The first-order valence-electron chi connectivity index (χ1n) is 5.30. The minimum Gasteiger partial charge on any atom is -0.378 e. The van der Waals surface area contributed by atoms with E-state index in [0.717, 1.165) is 5.56 Å². The number of hydrogen-bond donors (Lipinski definition) is 0. The van der Waals surface area contributed by atoms with Gasteiger partial charge in [-0.3, -0.25) is 0 Å². The highest BCUT2D eigenvalue weighted by atomic mass is 35.7. The minimum atomic E-state index is -3.48. The Labute approximate surface area is 116 Å². The van der Waals surface area contributed by atoms with E-state index >= 15 is 0 Å². The van der Waals surface area contributed by atoms with Gasteiger partial charge >= 0.3 is 0 Å². The van der Waals surface area contributed by atoms with Crippen LogP contribution in [0.5, 0.6) is 0 Å². The van der Waals surface area contributed by atoms with Gasteiger partial charge in [0.2, 0.25) is 9.05 Å². The second kappa shape index (κ2) is 7.96. The monoisotopic (exact) mass is 312 g/mol. The Kier molecular flexibility index (Phi) is 6.96. The third-order valence-electron chi connectivity index (χ3n) is 2.06. The van der Waals surface area contributed by atoms with E-state index in [1.807, 2.05) is 18.2 Å². The summed E-state index contributed by atoms with van der Waals surface area (Å²) < 4.78 is 31.6. The van der Waals surface area contributed by atoms with Crippen LogP contribution >= 0.6 is 22.3 Å². The van der Waals surface area contributed by atoms with Crippen molar-refractivity contribution in [3.05, 3.63) is 34.9 Å². The molecule has 1 rings (SSSR count). The fraction of sp³-hybridized carbons (Fsp3) is 0.455. The Balaban J connectivity index is 2.08. The van der Waals surface area contributed by atoms with Gasteiger partial charge in [-0.2, -0.15) is 0 Å². The quantitative estimate of drug-likeness (QED) is 0.546. The van der Waals surface area contributed by atoms with Crippen LogP contribution in [0.3, 0.4) is 0 Å². The lowest BCUT2D eigenvalue weighted by Crippen LogP contribution is -2.10. The lowest BCUT2D eigenvalue weighted by Gasteiger charge is -2.06. The van der Waals surface area contributed by atoms with Crippen molar-refractivity contribution in [2.75, 3.05) is 25.6 Å². The minimum absolute atomic E-state index is 0.0707. The zero-order chi connectivity index (χ0) is 13.4. The summed E-state index contributed by atoms with van der Waals surface area (Å²) >= 11 is 5.94. The number of benzene rings is 1. The summed E-state index contributed by atoms with van der Waals surface area (Å²) in [6.07, 6.45) is 0. The standard InChI is InChI=1S/C11H14Cl2O4S/c12-11-4-2-1-3-10(11)9-17-6-5-16-7-8-18(13,14)15/h1-4H,5-9H2. The molecule has 0 aliphatic heterocycles. The number of halogens is 2. The van der Waals surface area contributed by atoms with Crippen LogP contribution in [0.1, 0.15) is 5.56 Å². The first-order valence-corrected chi connectivity index (χ1v) is 8.16. The zero-order valence-corrected chi connectivity index (χ0v) is 12.0. The molecular weight excluding hydrogens is 299 g/mol. The fourth-order valence-corrected chi connectivity index (χ4v) is 1.87. The molecule has 1 aromatic carbocycles. The summed E-state index contributed by atoms with van der Waals surface area (Å²) in [7, 11) is 1.54. The molecule has 0 spiro atoms. The van der Waals surface area contributed by atoms with E-state index in [0.29, 0.717) is 24.8 Å². The fourth-order valence-electron chi connectivity index (χ4n) is 1.18. The van der Waals surface area contributed by atoms with Crippen LogP contribution in [0.25, 0.3) is 0 Å². The average Bonchev–Trinajstić information content (AvgIpc) is 2.28. The van der Waals surface area contributed by atoms with Gasteiger partial charge in [0.1, 0.15) is 0 Å². The summed E-state index contributed by atoms with van der Waals surface area (Å²) in [6, 6.07) is 7.40. The van der Waals surface area contributed by atoms with Crippen molar-refractivity contribution in [3.63, 3.8) is 0 Å². The van der Waals surface area contributed by atoms with E-state index in [9.17, 15) is 8.42 Å². The van der Waals surface area contributed by atoms with E-state index < -0.39 is 9.05 Å². The van der Waals surface area contributed by atoms with Gasteiger partial charge in [-0.05, 0) is 11.6 Å². The molecule has 102 valence electrons. The summed E-state index contributed by atoms with van der Waals surface area (Å²) in [4.78, 5) is 0. The molecule has 0 N–H and O–H groups in total. The molecule has 0 bridgehead atoms. The number of rotatable bonds is 8. The zero-order valence-electron chi connectivity index (χ0n) is 9.64. The highest BCUT2D eigenvalue weighted by Gasteiger charge is 2.04. The maximum Gasteiger partial charge on any atom is 0.234 e. The Morgan fingerprint density at radius 2 is 1.72 bits per heavy atom. The molecule has 0 aliphatic rings. The maximum atomic E-state index is 10.6. The molecular formula is C11H14Cl2O4S. The van der Waals surface area contributed by atoms with Crippen molar-refractivity contribution in [1.29, 1.82) is 0 Å². The molecule has 0 unspecified atom stereocenters. The lowest BCUT2D eigenvalue weighted by molar-refractivity contribution is 0.0459. The number of ether oxygens (including phenoxy) is 2. The molecule has 0 saturated carbocycles. The molecule has 1 aromatic rings. The predicted molar refractivity (Wildman–Crippen MR) is 71.6 cm³/mol. The molecule has 0 aromatic heterocycles. The Morgan fingerprint density at radius 3 is 2.39 bits per heavy atom. The van der Waals surface area contributed by atoms with Crippen molar-refractivity contribution in [1.82, 2.24) is 0 Å². The first-order chi connectivity index (χ1) is 8.49.